The highest BCUT2D eigenvalue weighted by atomic mass is 16.2. The van der Waals surface area contributed by atoms with Crippen molar-refractivity contribution in [2.24, 2.45) is 5.73 Å². The largest absolute Gasteiger partial charge is 0.362 e. The Morgan fingerprint density at radius 3 is 2.30 bits per heavy atom. The molecule has 20 heavy (non-hydrogen) atoms. The molecule has 4 nitrogen and oxygen atoms in total. The molecule has 1 aliphatic carbocycles. The predicted molar refractivity (Wildman–Crippen MR) is 82.6 cm³/mol. The maximum atomic E-state index is 12.4. The summed E-state index contributed by atoms with van der Waals surface area (Å²) in [5.74, 6) is 0.236. The van der Waals surface area contributed by atoms with Gasteiger partial charge in [-0.25, -0.2) is 0 Å². The zero-order valence-corrected chi connectivity index (χ0v) is 12.5. The van der Waals surface area contributed by atoms with Crippen LogP contribution in [0.2, 0.25) is 0 Å². The van der Waals surface area contributed by atoms with Gasteiger partial charge < -0.3 is 15.5 Å². The molecule has 1 aromatic rings. The minimum Gasteiger partial charge on any atom is -0.362 e. The molecule has 0 aromatic heterocycles. The van der Waals surface area contributed by atoms with Crippen LogP contribution in [0.25, 0.3) is 0 Å². The van der Waals surface area contributed by atoms with E-state index >= 15 is 0 Å². The molecule has 1 aromatic carbocycles. The number of carbonyl (C=O) groups is 1. The van der Waals surface area contributed by atoms with Crippen LogP contribution in [0, 0.1) is 0 Å². The summed E-state index contributed by atoms with van der Waals surface area (Å²) in [4.78, 5) is 16.5. The second kappa shape index (κ2) is 6.75. The predicted octanol–water partition coefficient (Wildman–Crippen LogP) is 1.98. The number of nitrogens with zero attached hydrogens (tertiary/aromatic N) is 2. The van der Waals surface area contributed by atoms with E-state index in [4.69, 9.17) is 5.73 Å². The Balaban J connectivity index is 2.01. The van der Waals surface area contributed by atoms with Gasteiger partial charge in [0, 0.05) is 31.4 Å². The van der Waals surface area contributed by atoms with Crippen LogP contribution in [0.3, 0.4) is 0 Å². The Morgan fingerprint density at radius 1 is 1.20 bits per heavy atom. The Kier molecular flexibility index (Phi) is 5.01. The lowest BCUT2D eigenvalue weighted by atomic mass is 10.2. The molecule has 1 fully saturated rings. The van der Waals surface area contributed by atoms with Gasteiger partial charge in [-0.3, -0.25) is 4.79 Å². The highest BCUT2D eigenvalue weighted by molar-refractivity contribution is 5.82. The lowest BCUT2D eigenvalue weighted by molar-refractivity contribution is -0.130. The molecule has 2 rings (SSSR count). The van der Waals surface area contributed by atoms with Gasteiger partial charge in [0.15, 0.2) is 0 Å². The Bertz CT molecular complexity index is 440. The Hall–Kier alpha value is -1.55. The molecular weight excluding hydrogens is 250 g/mol. The molecule has 0 heterocycles. The van der Waals surface area contributed by atoms with E-state index in [1.54, 1.807) is 0 Å². The lowest BCUT2D eigenvalue weighted by Gasteiger charge is -2.27. The van der Waals surface area contributed by atoms with Crippen LogP contribution in [0.1, 0.15) is 32.3 Å². The molecule has 0 radical (unpaired) electrons. The fourth-order valence-electron chi connectivity index (χ4n) is 2.51. The number of carbonyl (C=O) groups excluding carboxylic acids is 1. The molecule has 0 aliphatic heterocycles. The fraction of sp³-hybridized carbons (Fsp3) is 0.562. The molecule has 1 aliphatic rings. The van der Waals surface area contributed by atoms with Gasteiger partial charge in [-0.05, 0) is 44.4 Å². The molecule has 0 unspecified atom stereocenters. The van der Waals surface area contributed by atoms with Crippen molar-refractivity contribution in [3.8, 4) is 0 Å². The molecule has 1 saturated carbocycles. The van der Waals surface area contributed by atoms with Gasteiger partial charge in [0.2, 0.25) is 5.91 Å². The topological polar surface area (TPSA) is 49.6 Å². The smallest absolute Gasteiger partial charge is 0.242 e. The number of benzene rings is 1. The summed E-state index contributed by atoms with van der Waals surface area (Å²) in [5.41, 5.74) is 7.82. The molecule has 1 amide bonds. The van der Waals surface area contributed by atoms with Crippen LogP contribution in [0.5, 0.6) is 0 Å². The quantitative estimate of drug-likeness (QED) is 0.828. The van der Waals surface area contributed by atoms with Gasteiger partial charge in [-0.1, -0.05) is 12.1 Å². The summed E-state index contributed by atoms with van der Waals surface area (Å²) >= 11 is 0. The highest BCUT2D eigenvalue weighted by Crippen LogP contribution is 2.27. The average Bonchev–Trinajstić information content (AvgIpc) is 3.30. The van der Waals surface area contributed by atoms with Crippen molar-refractivity contribution in [3.63, 3.8) is 0 Å². The zero-order chi connectivity index (χ0) is 14.5. The zero-order valence-electron chi connectivity index (χ0n) is 12.5. The number of hydrogen-bond acceptors (Lipinski definition) is 3. The third kappa shape index (κ3) is 3.51. The van der Waals surface area contributed by atoms with Crippen molar-refractivity contribution < 1.29 is 4.79 Å². The number of hydrogen-bond donors (Lipinski definition) is 1. The maximum Gasteiger partial charge on any atom is 0.242 e. The lowest BCUT2D eigenvalue weighted by Crippen LogP contribution is -2.41. The van der Waals surface area contributed by atoms with Crippen molar-refractivity contribution in [1.82, 2.24) is 4.90 Å². The van der Waals surface area contributed by atoms with E-state index in [1.807, 2.05) is 29.2 Å². The molecule has 0 spiro atoms. The molecule has 0 bridgehead atoms. The molecule has 4 heteroatoms. The number of likely N-dealkylation sites (N-methyl/N-ethyl adjacent to an activating group) is 2. The van der Waals surface area contributed by atoms with Gasteiger partial charge >= 0.3 is 0 Å². The van der Waals surface area contributed by atoms with E-state index in [2.05, 4.69) is 18.7 Å². The van der Waals surface area contributed by atoms with Crippen molar-refractivity contribution >= 4 is 11.6 Å². The van der Waals surface area contributed by atoms with Gasteiger partial charge in [-0.2, -0.15) is 0 Å². The first-order valence-electron chi connectivity index (χ1n) is 7.53. The van der Waals surface area contributed by atoms with Gasteiger partial charge in [0.25, 0.3) is 0 Å². The van der Waals surface area contributed by atoms with Crippen molar-refractivity contribution in [2.75, 3.05) is 24.5 Å². The number of anilines is 1. The maximum absolute atomic E-state index is 12.4. The van der Waals surface area contributed by atoms with Gasteiger partial charge in [-0.15, -0.1) is 0 Å². The van der Waals surface area contributed by atoms with Crippen molar-refractivity contribution in [3.05, 3.63) is 29.8 Å². The summed E-state index contributed by atoms with van der Waals surface area (Å²) in [7, 11) is 0. The second-order valence-corrected chi connectivity index (χ2v) is 5.30. The third-order valence-corrected chi connectivity index (χ3v) is 3.89. The van der Waals surface area contributed by atoms with Crippen LogP contribution < -0.4 is 10.6 Å². The normalized spacial score (nSPS) is 14.2. The van der Waals surface area contributed by atoms with Crippen LogP contribution >= 0.6 is 0 Å². The third-order valence-electron chi connectivity index (χ3n) is 3.89. The first-order valence-corrected chi connectivity index (χ1v) is 7.53. The SMILES string of the molecule is CCN(CC(=O)N(CC)C1CC1)c1ccc(CN)cc1. The standard InChI is InChI=1S/C16H25N3O/c1-3-18(14-7-5-13(11-17)6-8-14)12-16(20)19(4-2)15-9-10-15/h5-8,15H,3-4,9-12,17H2,1-2H3. The van der Waals surface area contributed by atoms with Gasteiger partial charge in [0.1, 0.15) is 0 Å². The summed E-state index contributed by atoms with van der Waals surface area (Å²) in [6.45, 7) is 6.79. The molecule has 0 atom stereocenters. The monoisotopic (exact) mass is 275 g/mol. The molecule has 110 valence electrons. The van der Waals surface area contributed by atoms with E-state index in [9.17, 15) is 4.79 Å². The first-order chi connectivity index (χ1) is 9.69. The van der Waals surface area contributed by atoms with Crippen molar-refractivity contribution in [1.29, 1.82) is 0 Å². The Morgan fingerprint density at radius 2 is 1.85 bits per heavy atom. The summed E-state index contributed by atoms with van der Waals surface area (Å²) in [6, 6.07) is 8.64. The van der Waals surface area contributed by atoms with E-state index < -0.39 is 0 Å². The van der Waals surface area contributed by atoms with Crippen LogP contribution in [0.15, 0.2) is 24.3 Å². The summed E-state index contributed by atoms with van der Waals surface area (Å²) in [6.07, 6.45) is 2.33. The second-order valence-electron chi connectivity index (χ2n) is 5.30. The van der Waals surface area contributed by atoms with Crippen molar-refractivity contribution in [2.45, 2.75) is 39.3 Å². The summed E-state index contributed by atoms with van der Waals surface area (Å²) < 4.78 is 0. The number of amides is 1. The number of nitrogens with two attached hydrogens (primary N) is 1. The minimum atomic E-state index is 0.236. The molecule has 0 saturated heterocycles. The van der Waals surface area contributed by atoms with Gasteiger partial charge in [0.05, 0.1) is 6.54 Å². The van der Waals surface area contributed by atoms with E-state index in [1.165, 1.54) is 0 Å². The molecular formula is C16H25N3O. The van der Waals surface area contributed by atoms with E-state index in [-0.39, 0.29) is 5.91 Å². The molecule has 2 N–H and O–H groups in total. The van der Waals surface area contributed by atoms with E-state index in [0.29, 0.717) is 19.1 Å². The number of rotatable bonds is 7. The van der Waals surface area contributed by atoms with Crippen LogP contribution in [0.4, 0.5) is 5.69 Å². The Labute approximate surface area is 121 Å². The first kappa shape index (κ1) is 14.9. The van der Waals surface area contributed by atoms with Crippen LogP contribution in [-0.4, -0.2) is 36.5 Å². The summed E-state index contributed by atoms with van der Waals surface area (Å²) in [5, 5.41) is 0. The fourth-order valence-corrected chi connectivity index (χ4v) is 2.51. The van der Waals surface area contributed by atoms with E-state index in [0.717, 1.165) is 37.2 Å². The van der Waals surface area contributed by atoms with Crippen LogP contribution in [-0.2, 0) is 11.3 Å². The minimum absolute atomic E-state index is 0.236. The highest BCUT2D eigenvalue weighted by Gasteiger charge is 2.31. The average molecular weight is 275 g/mol.